The van der Waals surface area contributed by atoms with Crippen LogP contribution in [0.3, 0.4) is 0 Å². The van der Waals surface area contributed by atoms with Gasteiger partial charge in [0.05, 0.1) is 19.9 Å². The third kappa shape index (κ3) is 4.60. The van der Waals surface area contributed by atoms with Crippen molar-refractivity contribution >= 4 is 23.5 Å². The summed E-state index contributed by atoms with van der Waals surface area (Å²) in [7, 11) is 3.13. The number of methoxy groups -OCH3 is 2. The molecule has 2 aromatic rings. The molecule has 3 heterocycles. The predicted molar refractivity (Wildman–Crippen MR) is 121 cm³/mol. The predicted octanol–water partition coefficient (Wildman–Crippen LogP) is 2.76. The average molecular weight is 427 g/mol. The molecule has 0 saturated carbocycles. The molecular formula is C22H30N6O3. The Hall–Kier alpha value is -3.23. The average Bonchev–Trinajstić information content (AvgIpc) is 3.33. The molecule has 1 aromatic carbocycles. The molecule has 4 rings (SSSR count). The second-order valence-corrected chi connectivity index (χ2v) is 7.81. The first-order chi connectivity index (χ1) is 15.1. The van der Waals surface area contributed by atoms with E-state index in [1.165, 1.54) is 12.8 Å². The first-order valence-electron chi connectivity index (χ1n) is 10.7. The van der Waals surface area contributed by atoms with Gasteiger partial charge in [-0.3, -0.25) is 0 Å². The molecule has 0 spiro atoms. The summed E-state index contributed by atoms with van der Waals surface area (Å²) in [4.78, 5) is 28.6. The van der Waals surface area contributed by atoms with Gasteiger partial charge in [0.25, 0.3) is 0 Å². The van der Waals surface area contributed by atoms with Crippen LogP contribution in [0.2, 0.25) is 0 Å². The molecule has 31 heavy (non-hydrogen) atoms. The summed E-state index contributed by atoms with van der Waals surface area (Å²) in [5, 5.41) is 2.94. The molecule has 2 saturated heterocycles. The summed E-state index contributed by atoms with van der Waals surface area (Å²) < 4.78 is 10.7. The van der Waals surface area contributed by atoms with Gasteiger partial charge >= 0.3 is 6.03 Å². The number of amides is 2. The van der Waals surface area contributed by atoms with E-state index >= 15 is 0 Å². The van der Waals surface area contributed by atoms with Gasteiger partial charge in [-0.1, -0.05) is 6.07 Å². The van der Waals surface area contributed by atoms with Crippen LogP contribution in [0.15, 0.2) is 24.3 Å². The summed E-state index contributed by atoms with van der Waals surface area (Å²) in [6.07, 6.45) is 2.43. The van der Waals surface area contributed by atoms with Gasteiger partial charge in [0.1, 0.15) is 5.82 Å². The fourth-order valence-electron chi connectivity index (χ4n) is 4.08. The van der Waals surface area contributed by atoms with Gasteiger partial charge in [-0.15, -0.1) is 0 Å². The minimum absolute atomic E-state index is 0.158. The number of hydrogen-bond donors (Lipinski definition) is 1. The Morgan fingerprint density at radius 1 is 0.968 bits per heavy atom. The van der Waals surface area contributed by atoms with Crippen LogP contribution >= 0.6 is 0 Å². The van der Waals surface area contributed by atoms with E-state index in [0.717, 1.165) is 30.5 Å². The lowest BCUT2D eigenvalue weighted by molar-refractivity contribution is 0.207. The van der Waals surface area contributed by atoms with Crippen LogP contribution in [0.1, 0.15) is 18.5 Å². The summed E-state index contributed by atoms with van der Waals surface area (Å²) >= 11 is 0. The highest BCUT2D eigenvalue weighted by Crippen LogP contribution is 2.34. The Kier molecular flexibility index (Phi) is 6.29. The molecule has 0 aliphatic carbocycles. The fraction of sp³-hybridized carbons (Fsp3) is 0.500. The number of aromatic nitrogens is 2. The number of para-hydroxylation sites is 1. The largest absolute Gasteiger partial charge is 0.493 e. The second kappa shape index (κ2) is 9.28. The molecule has 166 valence electrons. The number of aryl methyl sites for hydroxylation is 1. The van der Waals surface area contributed by atoms with Crippen LogP contribution in [-0.4, -0.2) is 74.4 Å². The number of ether oxygens (including phenoxy) is 2. The fourth-order valence-corrected chi connectivity index (χ4v) is 4.08. The Labute approximate surface area is 183 Å². The van der Waals surface area contributed by atoms with Crippen molar-refractivity contribution in [2.24, 2.45) is 0 Å². The number of nitrogens with one attached hydrogen (secondary N) is 1. The maximum atomic E-state index is 12.8. The maximum Gasteiger partial charge on any atom is 0.322 e. The van der Waals surface area contributed by atoms with Gasteiger partial charge in [-0.25, -0.2) is 9.78 Å². The highest BCUT2D eigenvalue weighted by atomic mass is 16.5. The number of piperazine rings is 1. The van der Waals surface area contributed by atoms with Crippen LogP contribution in [0.25, 0.3) is 0 Å². The zero-order valence-corrected chi connectivity index (χ0v) is 18.4. The zero-order valence-electron chi connectivity index (χ0n) is 18.4. The number of anilines is 3. The van der Waals surface area contributed by atoms with Gasteiger partial charge in [0.15, 0.2) is 11.5 Å². The highest BCUT2D eigenvalue weighted by molar-refractivity contribution is 5.91. The number of benzene rings is 1. The summed E-state index contributed by atoms with van der Waals surface area (Å²) in [5.74, 6) is 2.84. The lowest BCUT2D eigenvalue weighted by atomic mass is 10.2. The summed E-state index contributed by atoms with van der Waals surface area (Å²) in [6.45, 7) is 6.67. The number of carbonyl (C=O) groups is 1. The van der Waals surface area contributed by atoms with Crippen LogP contribution in [-0.2, 0) is 0 Å². The number of rotatable bonds is 5. The quantitative estimate of drug-likeness (QED) is 0.787. The first-order valence-corrected chi connectivity index (χ1v) is 10.7. The lowest BCUT2D eigenvalue weighted by Crippen LogP contribution is -2.50. The summed E-state index contributed by atoms with van der Waals surface area (Å²) in [6, 6.07) is 7.32. The minimum atomic E-state index is -0.158. The van der Waals surface area contributed by atoms with Gasteiger partial charge < -0.3 is 29.5 Å². The lowest BCUT2D eigenvalue weighted by Gasteiger charge is -2.35. The van der Waals surface area contributed by atoms with E-state index in [1.807, 2.05) is 13.0 Å². The van der Waals surface area contributed by atoms with Crippen molar-refractivity contribution in [3.8, 4) is 11.5 Å². The van der Waals surface area contributed by atoms with E-state index in [2.05, 4.69) is 26.2 Å². The molecule has 0 unspecified atom stereocenters. The van der Waals surface area contributed by atoms with Gasteiger partial charge in [0, 0.05) is 51.0 Å². The van der Waals surface area contributed by atoms with Gasteiger partial charge in [0.2, 0.25) is 5.95 Å². The van der Waals surface area contributed by atoms with E-state index in [1.54, 1.807) is 31.3 Å². The van der Waals surface area contributed by atoms with Crippen LogP contribution in [0.5, 0.6) is 11.5 Å². The summed E-state index contributed by atoms with van der Waals surface area (Å²) in [5.41, 5.74) is 1.56. The van der Waals surface area contributed by atoms with Gasteiger partial charge in [-0.2, -0.15) is 4.98 Å². The van der Waals surface area contributed by atoms with E-state index in [0.29, 0.717) is 43.4 Å². The molecule has 9 nitrogen and oxygen atoms in total. The SMILES string of the molecule is COc1cccc(NC(=O)N2CCN(c3nc(C)cc(N4CCCC4)n3)CC2)c1OC. The standard InChI is InChI=1S/C22H30N6O3/c1-16-15-19(26-9-4-5-10-26)25-21(23-16)27-11-13-28(14-12-27)22(29)24-17-7-6-8-18(30-2)20(17)31-3/h6-8,15H,4-5,9-14H2,1-3H3,(H,24,29). The van der Waals surface area contributed by atoms with Crippen LogP contribution in [0, 0.1) is 6.92 Å². The van der Waals surface area contributed by atoms with Crippen molar-refractivity contribution in [2.45, 2.75) is 19.8 Å². The van der Waals surface area contributed by atoms with E-state index in [4.69, 9.17) is 14.5 Å². The Morgan fingerprint density at radius 2 is 1.71 bits per heavy atom. The topological polar surface area (TPSA) is 83.1 Å². The smallest absolute Gasteiger partial charge is 0.322 e. The van der Waals surface area contributed by atoms with Crippen molar-refractivity contribution in [1.29, 1.82) is 0 Å². The Balaban J connectivity index is 1.39. The van der Waals surface area contributed by atoms with E-state index in [9.17, 15) is 4.79 Å². The van der Waals surface area contributed by atoms with Gasteiger partial charge in [-0.05, 0) is 31.9 Å². The second-order valence-electron chi connectivity index (χ2n) is 7.81. The van der Waals surface area contributed by atoms with Crippen molar-refractivity contribution in [3.05, 3.63) is 30.0 Å². The third-order valence-electron chi connectivity index (χ3n) is 5.75. The van der Waals surface area contributed by atoms with E-state index < -0.39 is 0 Å². The molecule has 0 atom stereocenters. The molecule has 0 radical (unpaired) electrons. The Bertz CT molecular complexity index is 923. The molecular weight excluding hydrogens is 396 g/mol. The highest BCUT2D eigenvalue weighted by Gasteiger charge is 2.25. The molecule has 1 N–H and O–H groups in total. The molecule has 2 aliphatic heterocycles. The third-order valence-corrected chi connectivity index (χ3v) is 5.75. The maximum absolute atomic E-state index is 12.8. The molecule has 2 amide bonds. The molecule has 9 heteroatoms. The molecule has 2 aliphatic rings. The monoisotopic (exact) mass is 426 g/mol. The Morgan fingerprint density at radius 3 is 2.39 bits per heavy atom. The normalized spacial score (nSPS) is 16.4. The number of carbonyl (C=O) groups excluding carboxylic acids is 1. The van der Waals surface area contributed by atoms with Crippen molar-refractivity contribution < 1.29 is 14.3 Å². The number of urea groups is 1. The van der Waals surface area contributed by atoms with Crippen molar-refractivity contribution in [1.82, 2.24) is 14.9 Å². The van der Waals surface area contributed by atoms with Crippen LogP contribution < -0.4 is 24.6 Å². The number of hydrogen-bond acceptors (Lipinski definition) is 7. The zero-order chi connectivity index (χ0) is 21.8. The van der Waals surface area contributed by atoms with Crippen LogP contribution in [0.4, 0.5) is 22.2 Å². The molecule has 2 fully saturated rings. The molecule has 0 bridgehead atoms. The minimum Gasteiger partial charge on any atom is -0.493 e. The van der Waals surface area contributed by atoms with E-state index in [-0.39, 0.29) is 6.03 Å². The van der Waals surface area contributed by atoms with Crippen molar-refractivity contribution in [3.63, 3.8) is 0 Å². The molecule has 1 aromatic heterocycles. The number of nitrogens with zero attached hydrogens (tertiary/aromatic N) is 5. The first kappa shape index (κ1) is 21.0. The van der Waals surface area contributed by atoms with Crippen molar-refractivity contribution in [2.75, 3.05) is 68.6 Å².